The number of hydrogen-bond donors (Lipinski definition) is 1. The third-order valence-corrected chi connectivity index (χ3v) is 4.66. The summed E-state index contributed by atoms with van der Waals surface area (Å²) in [6.45, 7) is 0. The van der Waals surface area contributed by atoms with Gasteiger partial charge in [-0.2, -0.15) is 0 Å². The molecule has 0 atom stereocenters. The molecule has 1 aromatic heterocycles. The molecule has 0 aliphatic heterocycles. The molecule has 0 radical (unpaired) electrons. The van der Waals surface area contributed by atoms with Crippen LogP contribution in [0.5, 0.6) is 11.5 Å². The van der Waals surface area contributed by atoms with Crippen LogP contribution in [0.25, 0.3) is 10.4 Å². The molecule has 1 amide bonds. The molecule has 4 nitrogen and oxygen atoms in total. The van der Waals surface area contributed by atoms with Gasteiger partial charge in [-0.15, -0.1) is 11.3 Å². The van der Waals surface area contributed by atoms with Crippen molar-refractivity contribution in [3.63, 3.8) is 0 Å². The van der Waals surface area contributed by atoms with Crippen molar-refractivity contribution in [2.75, 3.05) is 19.5 Å². The molecular weight excluding hydrogens is 322 g/mol. The molecule has 1 N–H and O–H groups in total. The van der Waals surface area contributed by atoms with Gasteiger partial charge in [-0.25, -0.2) is 0 Å². The summed E-state index contributed by atoms with van der Waals surface area (Å²) in [4.78, 5) is 14.2. The van der Waals surface area contributed by atoms with E-state index in [9.17, 15) is 4.79 Å². The van der Waals surface area contributed by atoms with Crippen molar-refractivity contribution < 1.29 is 14.3 Å². The summed E-state index contributed by atoms with van der Waals surface area (Å²) in [6, 6.07) is 19.1. The second-order valence-electron chi connectivity index (χ2n) is 5.05. The summed E-state index contributed by atoms with van der Waals surface area (Å²) in [5.41, 5.74) is 1.76. The lowest BCUT2D eigenvalue weighted by Gasteiger charge is -2.10. The number of methoxy groups -OCH3 is 2. The van der Waals surface area contributed by atoms with Crippen LogP contribution >= 0.6 is 11.3 Å². The minimum absolute atomic E-state index is 0.144. The Bertz CT molecular complexity index is 843. The number of thiophene rings is 1. The normalized spacial score (nSPS) is 10.2. The number of carbonyl (C=O) groups excluding carboxylic acids is 1. The molecule has 0 aliphatic carbocycles. The summed E-state index contributed by atoms with van der Waals surface area (Å²) >= 11 is 1.46. The average molecular weight is 339 g/mol. The standard InChI is InChI=1S/C19H17NO3S/c1-22-15-9-8-14(12-16(15)23-2)20-19(21)18-11-10-17(24-18)13-6-4-3-5-7-13/h3-12H,1-2H3,(H,20,21). The first-order valence-corrected chi connectivity index (χ1v) is 8.21. The highest BCUT2D eigenvalue weighted by Gasteiger charge is 2.12. The van der Waals surface area contributed by atoms with Gasteiger partial charge in [0.25, 0.3) is 5.91 Å². The molecule has 122 valence electrons. The van der Waals surface area contributed by atoms with Crippen molar-refractivity contribution in [2.24, 2.45) is 0 Å². The van der Waals surface area contributed by atoms with Gasteiger partial charge in [0.2, 0.25) is 0 Å². The van der Waals surface area contributed by atoms with E-state index in [0.717, 1.165) is 10.4 Å². The minimum Gasteiger partial charge on any atom is -0.493 e. The van der Waals surface area contributed by atoms with Crippen molar-refractivity contribution in [3.8, 4) is 21.9 Å². The molecule has 1 heterocycles. The minimum atomic E-state index is -0.144. The Balaban J connectivity index is 1.77. The van der Waals surface area contributed by atoms with E-state index in [1.54, 1.807) is 32.4 Å². The van der Waals surface area contributed by atoms with Gasteiger partial charge in [0.05, 0.1) is 19.1 Å². The molecule has 0 aliphatic rings. The predicted molar refractivity (Wildman–Crippen MR) is 97.3 cm³/mol. The molecule has 0 saturated carbocycles. The summed E-state index contributed by atoms with van der Waals surface area (Å²) < 4.78 is 10.4. The number of rotatable bonds is 5. The van der Waals surface area contributed by atoms with Crippen LogP contribution in [-0.4, -0.2) is 20.1 Å². The first-order valence-electron chi connectivity index (χ1n) is 7.40. The largest absolute Gasteiger partial charge is 0.493 e. The van der Waals surface area contributed by atoms with Gasteiger partial charge in [0.1, 0.15) is 0 Å². The lowest BCUT2D eigenvalue weighted by atomic mass is 10.2. The van der Waals surface area contributed by atoms with E-state index in [2.05, 4.69) is 5.32 Å². The molecule has 0 spiro atoms. The van der Waals surface area contributed by atoms with Gasteiger partial charge in [0, 0.05) is 16.6 Å². The second kappa shape index (κ2) is 7.19. The smallest absolute Gasteiger partial charge is 0.265 e. The topological polar surface area (TPSA) is 47.6 Å². The summed E-state index contributed by atoms with van der Waals surface area (Å²) in [5.74, 6) is 1.05. The van der Waals surface area contributed by atoms with Crippen molar-refractivity contribution in [1.82, 2.24) is 0 Å². The number of ether oxygens (including phenoxy) is 2. The Hall–Kier alpha value is -2.79. The van der Waals surface area contributed by atoms with Crippen molar-refractivity contribution >= 4 is 22.9 Å². The van der Waals surface area contributed by atoms with E-state index in [1.165, 1.54) is 11.3 Å². The zero-order chi connectivity index (χ0) is 16.9. The maximum atomic E-state index is 12.4. The lowest BCUT2D eigenvalue weighted by molar-refractivity contribution is 0.103. The Morgan fingerprint density at radius 1 is 0.917 bits per heavy atom. The highest BCUT2D eigenvalue weighted by molar-refractivity contribution is 7.17. The Kier molecular flexibility index (Phi) is 4.82. The lowest BCUT2D eigenvalue weighted by Crippen LogP contribution is -2.10. The molecule has 3 aromatic rings. The second-order valence-corrected chi connectivity index (χ2v) is 6.14. The van der Waals surface area contributed by atoms with Crippen molar-refractivity contribution in [1.29, 1.82) is 0 Å². The zero-order valence-electron chi connectivity index (χ0n) is 13.4. The molecular formula is C19H17NO3S. The monoisotopic (exact) mass is 339 g/mol. The molecule has 2 aromatic carbocycles. The van der Waals surface area contributed by atoms with Crippen molar-refractivity contribution in [2.45, 2.75) is 0 Å². The predicted octanol–water partition coefficient (Wildman–Crippen LogP) is 4.68. The molecule has 24 heavy (non-hydrogen) atoms. The van der Waals surface area contributed by atoms with Crippen LogP contribution in [-0.2, 0) is 0 Å². The van der Waals surface area contributed by atoms with E-state index < -0.39 is 0 Å². The summed E-state index contributed by atoms with van der Waals surface area (Å²) in [7, 11) is 3.14. The van der Waals surface area contributed by atoms with E-state index in [-0.39, 0.29) is 5.91 Å². The zero-order valence-corrected chi connectivity index (χ0v) is 14.2. The Morgan fingerprint density at radius 3 is 2.38 bits per heavy atom. The van der Waals surface area contributed by atoms with Gasteiger partial charge in [-0.3, -0.25) is 4.79 Å². The maximum Gasteiger partial charge on any atom is 0.265 e. The highest BCUT2D eigenvalue weighted by atomic mass is 32.1. The Morgan fingerprint density at radius 2 is 1.67 bits per heavy atom. The fraction of sp³-hybridized carbons (Fsp3) is 0.105. The van der Waals surface area contributed by atoms with E-state index in [0.29, 0.717) is 22.1 Å². The number of benzene rings is 2. The van der Waals surface area contributed by atoms with Crippen LogP contribution < -0.4 is 14.8 Å². The van der Waals surface area contributed by atoms with Crippen LogP contribution in [0.4, 0.5) is 5.69 Å². The Labute approximate surface area is 144 Å². The fourth-order valence-corrected chi connectivity index (χ4v) is 3.23. The molecule has 0 bridgehead atoms. The third-order valence-electron chi connectivity index (χ3n) is 3.53. The first-order chi connectivity index (χ1) is 11.7. The van der Waals surface area contributed by atoms with Gasteiger partial charge in [0.15, 0.2) is 11.5 Å². The van der Waals surface area contributed by atoms with Crippen LogP contribution in [0.3, 0.4) is 0 Å². The number of hydrogen-bond acceptors (Lipinski definition) is 4. The molecule has 3 rings (SSSR count). The quantitative estimate of drug-likeness (QED) is 0.734. The van der Waals surface area contributed by atoms with Crippen LogP contribution in [0, 0.1) is 0 Å². The van der Waals surface area contributed by atoms with Gasteiger partial charge in [-0.1, -0.05) is 30.3 Å². The number of nitrogens with one attached hydrogen (secondary N) is 1. The summed E-state index contributed by atoms with van der Waals surface area (Å²) in [5, 5.41) is 2.88. The van der Waals surface area contributed by atoms with E-state index >= 15 is 0 Å². The average Bonchev–Trinajstić information content (AvgIpc) is 3.12. The maximum absolute atomic E-state index is 12.4. The van der Waals surface area contributed by atoms with E-state index in [4.69, 9.17) is 9.47 Å². The molecule has 0 unspecified atom stereocenters. The number of anilines is 1. The van der Waals surface area contributed by atoms with Gasteiger partial charge >= 0.3 is 0 Å². The first kappa shape index (κ1) is 16.1. The van der Waals surface area contributed by atoms with Crippen LogP contribution in [0.2, 0.25) is 0 Å². The van der Waals surface area contributed by atoms with Gasteiger partial charge in [-0.05, 0) is 29.8 Å². The SMILES string of the molecule is COc1ccc(NC(=O)c2ccc(-c3ccccc3)s2)cc1OC. The van der Waals surface area contributed by atoms with Crippen molar-refractivity contribution in [3.05, 3.63) is 65.5 Å². The highest BCUT2D eigenvalue weighted by Crippen LogP contribution is 2.31. The van der Waals surface area contributed by atoms with Crippen LogP contribution in [0.1, 0.15) is 9.67 Å². The molecule has 5 heteroatoms. The third kappa shape index (κ3) is 3.41. The molecule has 0 fully saturated rings. The fourth-order valence-electron chi connectivity index (χ4n) is 2.32. The van der Waals surface area contributed by atoms with Crippen LogP contribution in [0.15, 0.2) is 60.7 Å². The molecule has 0 saturated heterocycles. The number of amides is 1. The number of carbonyl (C=O) groups is 1. The van der Waals surface area contributed by atoms with Gasteiger partial charge < -0.3 is 14.8 Å². The summed E-state index contributed by atoms with van der Waals surface area (Å²) in [6.07, 6.45) is 0. The van der Waals surface area contributed by atoms with E-state index in [1.807, 2.05) is 42.5 Å².